The van der Waals surface area contributed by atoms with Crippen LogP contribution in [0.2, 0.25) is 0 Å². The number of nitrogens with zero attached hydrogens (tertiary/aromatic N) is 3. The molecule has 0 amide bonds. The molecule has 0 spiro atoms. The number of hydrogen-bond acceptors (Lipinski definition) is 8. The molecule has 0 saturated heterocycles. The van der Waals surface area contributed by atoms with Crippen molar-refractivity contribution < 1.29 is 0 Å². The third kappa shape index (κ3) is 2.88. The number of hydrazine groups is 1. The molecule has 2 aromatic rings. The van der Waals surface area contributed by atoms with Crippen molar-refractivity contribution >= 4 is 39.6 Å². The fraction of sp³-hybridized carbons (Fsp3) is 0.286. The maximum Gasteiger partial charge on any atom is 0.219 e. The van der Waals surface area contributed by atoms with E-state index >= 15 is 0 Å². The summed E-state index contributed by atoms with van der Waals surface area (Å²) in [5.41, 5.74) is 3.53. The number of nitrogens with two attached hydrogens (primary N) is 1. The number of nitrogen functional groups attached to an aromatic ring is 1. The molecule has 8 heteroatoms. The van der Waals surface area contributed by atoms with Crippen molar-refractivity contribution in [3.8, 4) is 0 Å². The van der Waals surface area contributed by atoms with Gasteiger partial charge in [0, 0.05) is 11.1 Å². The summed E-state index contributed by atoms with van der Waals surface area (Å²) in [5, 5.41) is 11.5. The summed E-state index contributed by atoms with van der Waals surface area (Å²) < 4.78 is 1.06. The summed E-state index contributed by atoms with van der Waals surface area (Å²) in [6.07, 6.45) is 0. The molecule has 0 radical (unpaired) electrons. The molecule has 0 fully saturated rings. The largest absolute Gasteiger partial charge is 0.298 e. The first-order valence-electron chi connectivity index (χ1n) is 4.12. The van der Waals surface area contributed by atoms with Crippen molar-refractivity contribution in [3.05, 3.63) is 16.1 Å². The van der Waals surface area contributed by atoms with Gasteiger partial charge >= 0.3 is 0 Å². The van der Waals surface area contributed by atoms with Crippen LogP contribution in [0.4, 0.5) is 5.13 Å². The van der Waals surface area contributed by atoms with E-state index in [0.29, 0.717) is 5.13 Å². The average Bonchev–Trinajstić information content (AvgIpc) is 2.83. The zero-order valence-corrected chi connectivity index (χ0v) is 10.4. The average molecular weight is 259 g/mol. The van der Waals surface area contributed by atoms with Crippen LogP contribution >= 0.6 is 34.4 Å². The summed E-state index contributed by atoms with van der Waals surface area (Å²) in [7, 11) is 0. The van der Waals surface area contributed by atoms with Crippen LogP contribution in [0.5, 0.6) is 0 Å². The lowest BCUT2D eigenvalue weighted by molar-refractivity contribution is 1.03. The third-order valence-corrected chi connectivity index (χ3v) is 4.69. The second-order valence-corrected chi connectivity index (χ2v) is 5.83. The van der Waals surface area contributed by atoms with Crippen molar-refractivity contribution in [1.29, 1.82) is 0 Å². The van der Waals surface area contributed by atoms with Gasteiger partial charge < -0.3 is 0 Å². The summed E-state index contributed by atoms with van der Waals surface area (Å²) in [4.78, 5) is 4.35. The molecular weight excluding hydrogens is 250 g/mol. The summed E-state index contributed by atoms with van der Waals surface area (Å²) in [6, 6.07) is 0. The highest BCUT2D eigenvalue weighted by Gasteiger charge is 2.05. The minimum Gasteiger partial charge on any atom is -0.298 e. The number of thioether (sulfide) groups is 1. The first kappa shape index (κ1) is 10.8. The second kappa shape index (κ2) is 4.88. The first-order chi connectivity index (χ1) is 7.28. The van der Waals surface area contributed by atoms with Gasteiger partial charge in [0.15, 0.2) is 4.34 Å². The summed E-state index contributed by atoms with van der Waals surface area (Å²) in [5.74, 6) is 6.00. The van der Waals surface area contributed by atoms with E-state index in [4.69, 9.17) is 5.84 Å². The molecule has 0 aromatic carbocycles. The van der Waals surface area contributed by atoms with Crippen LogP contribution in [-0.2, 0) is 5.75 Å². The second-order valence-electron chi connectivity index (χ2n) is 2.69. The van der Waals surface area contributed by atoms with Crippen molar-refractivity contribution in [2.75, 3.05) is 5.43 Å². The van der Waals surface area contributed by atoms with Crippen LogP contribution in [0, 0.1) is 6.92 Å². The molecule has 0 aliphatic rings. The Morgan fingerprint density at radius 2 is 2.40 bits per heavy atom. The molecule has 80 valence electrons. The molecule has 0 aliphatic carbocycles. The van der Waals surface area contributed by atoms with Crippen LogP contribution < -0.4 is 11.3 Å². The molecule has 15 heavy (non-hydrogen) atoms. The Bertz CT molecular complexity index is 437. The normalized spacial score (nSPS) is 10.5. The highest BCUT2D eigenvalue weighted by molar-refractivity contribution is 8.00. The van der Waals surface area contributed by atoms with E-state index in [0.717, 1.165) is 20.8 Å². The van der Waals surface area contributed by atoms with E-state index in [1.807, 2.05) is 12.3 Å². The van der Waals surface area contributed by atoms with E-state index in [9.17, 15) is 0 Å². The molecular formula is C7H9N5S3. The highest BCUT2D eigenvalue weighted by atomic mass is 32.2. The Hall–Kier alpha value is -0.700. The Labute approximate surface area is 99.1 Å². The highest BCUT2D eigenvalue weighted by Crippen LogP contribution is 2.27. The standard InChI is InChI=1S/C7H9N5S3/c1-4-2-13-7(9-4)14-3-5-11-12-6(10-8)15-5/h2H,3,8H2,1H3,(H,10,12). The predicted molar refractivity (Wildman–Crippen MR) is 64.1 cm³/mol. The van der Waals surface area contributed by atoms with Gasteiger partial charge in [-0.05, 0) is 6.92 Å². The first-order valence-corrected chi connectivity index (χ1v) is 6.80. The Kier molecular flexibility index (Phi) is 3.52. The Balaban J connectivity index is 1.93. The smallest absolute Gasteiger partial charge is 0.219 e. The van der Waals surface area contributed by atoms with Crippen molar-refractivity contribution in [3.63, 3.8) is 0 Å². The number of rotatable bonds is 4. The van der Waals surface area contributed by atoms with Crippen LogP contribution in [-0.4, -0.2) is 15.2 Å². The quantitative estimate of drug-likeness (QED) is 0.496. The predicted octanol–water partition coefficient (Wildman–Crippen LogP) is 1.88. The van der Waals surface area contributed by atoms with Gasteiger partial charge in [0.2, 0.25) is 5.13 Å². The number of aryl methyl sites for hydroxylation is 1. The van der Waals surface area contributed by atoms with Gasteiger partial charge in [-0.2, -0.15) is 0 Å². The zero-order chi connectivity index (χ0) is 10.7. The number of nitrogens with one attached hydrogen (secondary N) is 1. The monoisotopic (exact) mass is 259 g/mol. The molecule has 0 unspecified atom stereocenters. The van der Waals surface area contributed by atoms with E-state index in [1.54, 1.807) is 23.1 Å². The molecule has 2 aromatic heterocycles. The van der Waals surface area contributed by atoms with E-state index in [1.165, 1.54) is 11.3 Å². The summed E-state index contributed by atoms with van der Waals surface area (Å²) in [6.45, 7) is 1.99. The van der Waals surface area contributed by atoms with Gasteiger partial charge in [-0.3, -0.25) is 5.43 Å². The van der Waals surface area contributed by atoms with E-state index in [2.05, 4.69) is 20.6 Å². The molecule has 0 bridgehead atoms. The number of anilines is 1. The van der Waals surface area contributed by atoms with Crippen molar-refractivity contribution in [2.24, 2.45) is 5.84 Å². The molecule has 2 heterocycles. The number of aromatic nitrogens is 3. The van der Waals surface area contributed by atoms with Crippen molar-refractivity contribution in [1.82, 2.24) is 15.2 Å². The van der Waals surface area contributed by atoms with E-state index < -0.39 is 0 Å². The van der Waals surface area contributed by atoms with Crippen LogP contribution in [0.1, 0.15) is 10.7 Å². The lowest BCUT2D eigenvalue weighted by atomic mass is 10.6. The van der Waals surface area contributed by atoms with Gasteiger partial charge in [-0.15, -0.1) is 21.5 Å². The van der Waals surface area contributed by atoms with Gasteiger partial charge in [-0.25, -0.2) is 10.8 Å². The van der Waals surface area contributed by atoms with Crippen LogP contribution in [0.25, 0.3) is 0 Å². The maximum atomic E-state index is 5.21. The van der Waals surface area contributed by atoms with Gasteiger partial charge in [0.05, 0.1) is 5.75 Å². The minimum absolute atomic E-state index is 0.640. The minimum atomic E-state index is 0.640. The SMILES string of the molecule is Cc1csc(SCc2nnc(NN)s2)n1. The Morgan fingerprint density at radius 3 is 3.00 bits per heavy atom. The van der Waals surface area contributed by atoms with E-state index in [-0.39, 0.29) is 0 Å². The van der Waals surface area contributed by atoms with Crippen LogP contribution in [0.3, 0.4) is 0 Å². The molecule has 2 rings (SSSR count). The fourth-order valence-electron chi connectivity index (χ4n) is 0.892. The summed E-state index contributed by atoms with van der Waals surface area (Å²) >= 11 is 4.77. The van der Waals surface area contributed by atoms with Crippen LogP contribution in [0.15, 0.2) is 9.72 Å². The van der Waals surface area contributed by atoms with Crippen molar-refractivity contribution in [2.45, 2.75) is 17.0 Å². The lowest BCUT2D eigenvalue weighted by Gasteiger charge is -1.91. The topological polar surface area (TPSA) is 76.7 Å². The van der Waals surface area contributed by atoms with Gasteiger partial charge in [-0.1, -0.05) is 23.1 Å². The zero-order valence-electron chi connectivity index (χ0n) is 7.93. The van der Waals surface area contributed by atoms with Gasteiger partial charge in [0.1, 0.15) is 5.01 Å². The molecule has 0 saturated carbocycles. The maximum absolute atomic E-state index is 5.21. The fourth-order valence-corrected chi connectivity index (χ4v) is 3.38. The number of thiazole rings is 1. The third-order valence-electron chi connectivity index (χ3n) is 1.51. The number of hydrogen-bond donors (Lipinski definition) is 2. The Morgan fingerprint density at radius 1 is 1.53 bits per heavy atom. The van der Waals surface area contributed by atoms with Gasteiger partial charge in [0.25, 0.3) is 0 Å². The molecule has 3 N–H and O–H groups in total. The molecule has 0 aliphatic heterocycles. The lowest BCUT2D eigenvalue weighted by Crippen LogP contribution is -2.05. The molecule has 0 atom stereocenters. The molecule has 5 nitrogen and oxygen atoms in total.